The molecule has 2 rings (SSSR count). The SMILES string of the molecule is CN(CCc1ccncc1)C(=O)C1CCCN(CCC#N)C1. The summed E-state index contributed by atoms with van der Waals surface area (Å²) < 4.78 is 0. The lowest BCUT2D eigenvalue weighted by Crippen LogP contribution is -2.44. The molecule has 1 amide bonds. The van der Waals surface area contributed by atoms with Crippen LogP contribution in [0.3, 0.4) is 0 Å². The highest BCUT2D eigenvalue weighted by atomic mass is 16.2. The minimum absolute atomic E-state index is 0.0786. The van der Waals surface area contributed by atoms with Gasteiger partial charge in [-0.05, 0) is 43.5 Å². The fourth-order valence-electron chi connectivity index (χ4n) is 2.94. The van der Waals surface area contributed by atoms with Gasteiger partial charge in [0.2, 0.25) is 5.91 Å². The summed E-state index contributed by atoms with van der Waals surface area (Å²) in [5.74, 6) is 0.311. The summed E-state index contributed by atoms with van der Waals surface area (Å²) in [6, 6.07) is 6.16. The van der Waals surface area contributed by atoms with Gasteiger partial charge in [0, 0.05) is 45.5 Å². The molecule has 1 saturated heterocycles. The Labute approximate surface area is 132 Å². The number of likely N-dealkylation sites (tertiary alicyclic amines) is 1. The zero-order valence-corrected chi connectivity index (χ0v) is 13.2. The van der Waals surface area contributed by atoms with Gasteiger partial charge in [0.15, 0.2) is 0 Å². The molecular formula is C17H24N4O. The number of nitriles is 1. The molecule has 2 heterocycles. The Morgan fingerprint density at radius 3 is 3.00 bits per heavy atom. The molecule has 1 unspecified atom stereocenters. The van der Waals surface area contributed by atoms with E-state index in [4.69, 9.17) is 5.26 Å². The van der Waals surface area contributed by atoms with Crippen LogP contribution in [0.2, 0.25) is 0 Å². The molecule has 5 nitrogen and oxygen atoms in total. The normalized spacial score (nSPS) is 18.6. The third-order valence-corrected chi connectivity index (χ3v) is 4.26. The first-order valence-electron chi connectivity index (χ1n) is 7.94. The zero-order valence-electron chi connectivity index (χ0n) is 13.2. The third-order valence-electron chi connectivity index (χ3n) is 4.26. The van der Waals surface area contributed by atoms with Crippen LogP contribution in [0.1, 0.15) is 24.8 Å². The number of pyridine rings is 1. The van der Waals surface area contributed by atoms with Gasteiger partial charge in [-0.1, -0.05) is 0 Å². The van der Waals surface area contributed by atoms with Crippen LogP contribution in [0.4, 0.5) is 0 Å². The molecule has 0 spiro atoms. The van der Waals surface area contributed by atoms with E-state index in [9.17, 15) is 4.79 Å². The number of aromatic nitrogens is 1. The largest absolute Gasteiger partial charge is 0.345 e. The first-order valence-corrected chi connectivity index (χ1v) is 7.94. The number of likely N-dealkylation sites (N-methyl/N-ethyl adjacent to an activating group) is 1. The number of rotatable bonds is 6. The van der Waals surface area contributed by atoms with Crippen molar-refractivity contribution in [2.75, 3.05) is 33.2 Å². The van der Waals surface area contributed by atoms with Crippen LogP contribution in [-0.2, 0) is 11.2 Å². The second kappa shape index (κ2) is 8.50. The number of piperidine rings is 1. The Kier molecular flexibility index (Phi) is 6.35. The van der Waals surface area contributed by atoms with Gasteiger partial charge >= 0.3 is 0 Å². The maximum Gasteiger partial charge on any atom is 0.226 e. The molecule has 1 aromatic heterocycles. The molecule has 0 N–H and O–H groups in total. The Bertz CT molecular complexity index is 511. The third kappa shape index (κ3) is 4.81. The highest BCUT2D eigenvalue weighted by molar-refractivity contribution is 5.78. The summed E-state index contributed by atoms with van der Waals surface area (Å²) in [6.45, 7) is 3.31. The van der Waals surface area contributed by atoms with Crippen molar-refractivity contribution in [1.82, 2.24) is 14.8 Å². The lowest BCUT2D eigenvalue weighted by atomic mass is 9.96. The fourth-order valence-corrected chi connectivity index (χ4v) is 2.94. The molecule has 1 aliphatic rings. The lowest BCUT2D eigenvalue weighted by molar-refractivity contribution is -0.135. The molecule has 0 saturated carbocycles. The first kappa shape index (κ1) is 16.4. The number of hydrogen-bond acceptors (Lipinski definition) is 4. The van der Waals surface area contributed by atoms with Gasteiger partial charge in [-0.3, -0.25) is 9.78 Å². The van der Waals surface area contributed by atoms with Gasteiger partial charge < -0.3 is 9.80 Å². The first-order chi connectivity index (χ1) is 10.7. The van der Waals surface area contributed by atoms with Crippen molar-refractivity contribution in [2.24, 2.45) is 5.92 Å². The molecule has 0 aliphatic carbocycles. The van der Waals surface area contributed by atoms with E-state index < -0.39 is 0 Å². The van der Waals surface area contributed by atoms with E-state index in [1.165, 1.54) is 5.56 Å². The smallest absolute Gasteiger partial charge is 0.226 e. The molecule has 1 fully saturated rings. The summed E-state index contributed by atoms with van der Waals surface area (Å²) >= 11 is 0. The Morgan fingerprint density at radius 1 is 1.50 bits per heavy atom. The summed E-state index contributed by atoms with van der Waals surface area (Å²) in [5.41, 5.74) is 1.20. The second-order valence-electron chi connectivity index (χ2n) is 5.91. The molecule has 5 heteroatoms. The van der Waals surface area contributed by atoms with Crippen LogP contribution in [0.15, 0.2) is 24.5 Å². The number of hydrogen-bond donors (Lipinski definition) is 0. The van der Waals surface area contributed by atoms with Crippen LogP contribution >= 0.6 is 0 Å². The van der Waals surface area contributed by atoms with Crippen LogP contribution in [0.5, 0.6) is 0 Å². The minimum Gasteiger partial charge on any atom is -0.345 e. The average molecular weight is 300 g/mol. The quantitative estimate of drug-likeness (QED) is 0.802. The van der Waals surface area contributed by atoms with E-state index >= 15 is 0 Å². The molecular weight excluding hydrogens is 276 g/mol. The van der Waals surface area contributed by atoms with E-state index in [0.717, 1.165) is 45.4 Å². The van der Waals surface area contributed by atoms with Gasteiger partial charge in [0.1, 0.15) is 0 Å². The molecule has 22 heavy (non-hydrogen) atoms. The van der Waals surface area contributed by atoms with Crippen molar-refractivity contribution in [3.63, 3.8) is 0 Å². The van der Waals surface area contributed by atoms with Crippen molar-refractivity contribution >= 4 is 5.91 Å². The van der Waals surface area contributed by atoms with E-state index in [2.05, 4.69) is 16.0 Å². The number of nitrogens with zero attached hydrogens (tertiary/aromatic N) is 4. The highest BCUT2D eigenvalue weighted by Crippen LogP contribution is 2.18. The Hall–Kier alpha value is -1.93. The van der Waals surface area contributed by atoms with Gasteiger partial charge in [0.25, 0.3) is 0 Å². The predicted octanol–water partition coefficient (Wildman–Crippen LogP) is 1.71. The van der Waals surface area contributed by atoms with E-state index in [0.29, 0.717) is 6.42 Å². The van der Waals surface area contributed by atoms with E-state index in [-0.39, 0.29) is 11.8 Å². The molecule has 1 aliphatic heterocycles. The van der Waals surface area contributed by atoms with Crippen LogP contribution in [-0.4, -0.2) is 53.9 Å². The molecule has 0 radical (unpaired) electrons. The molecule has 0 aromatic carbocycles. The summed E-state index contributed by atoms with van der Waals surface area (Å²) in [5, 5.41) is 8.68. The predicted molar refractivity (Wildman–Crippen MR) is 85.0 cm³/mol. The number of amides is 1. The Balaban J connectivity index is 1.80. The van der Waals surface area contributed by atoms with Crippen molar-refractivity contribution in [2.45, 2.75) is 25.7 Å². The topological polar surface area (TPSA) is 60.2 Å². The van der Waals surface area contributed by atoms with Crippen molar-refractivity contribution in [1.29, 1.82) is 5.26 Å². The monoisotopic (exact) mass is 300 g/mol. The van der Waals surface area contributed by atoms with Gasteiger partial charge in [-0.25, -0.2) is 0 Å². The second-order valence-corrected chi connectivity index (χ2v) is 5.91. The van der Waals surface area contributed by atoms with Crippen LogP contribution in [0.25, 0.3) is 0 Å². The number of carbonyl (C=O) groups is 1. The maximum atomic E-state index is 12.6. The summed E-state index contributed by atoms with van der Waals surface area (Å²) in [7, 11) is 1.89. The van der Waals surface area contributed by atoms with Crippen LogP contribution in [0, 0.1) is 17.2 Å². The van der Waals surface area contributed by atoms with Crippen molar-refractivity contribution < 1.29 is 4.79 Å². The number of carbonyl (C=O) groups excluding carboxylic acids is 1. The summed E-state index contributed by atoms with van der Waals surface area (Å²) in [4.78, 5) is 20.7. The molecule has 1 atom stereocenters. The van der Waals surface area contributed by atoms with Gasteiger partial charge in [-0.15, -0.1) is 0 Å². The van der Waals surface area contributed by atoms with Gasteiger partial charge in [0.05, 0.1) is 12.0 Å². The zero-order chi connectivity index (χ0) is 15.8. The van der Waals surface area contributed by atoms with E-state index in [1.807, 2.05) is 24.1 Å². The average Bonchev–Trinajstić information content (AvgIpc) is 2.58. The summed E-state index contributed by atoms with van der Waals surface area (Å²) in [6.07, 6.45) is 6.96. The highest BCUT2D eigenvalue weighted by Gasteiger charge is 2.27. The molecule has 1 aromatic rings. The maximum absolute atomic E-state index is 12.6. The Morgan fingerprint density at radius 2 is 2.27 bits per heavy atom. The minimum atomic E-state index is 0.0786. The molecule has 0 bridgehead atoms. The van der Waals surface area contributed by atoms with Crippen molar-refractivity contribution in [3.05, 3.63) is 30.1 Å². The standard InChI is InChI=1S/C17H24N4O/c1-20(13-7-15-5-9-19-10-6-15)17(22)16-4-2-11-21(14-16)12-3-8-18/h5-6,9-10,16H,2-4,7,11-14H2,1H3. The molecule has 118 valence electrons. The van der Waals surface area contributed by atoms with E-state index in [1.54, 1.807) is 12.4 Å². The van der Waals surface area contributed by atoms with Gasteiger partial charge in [-0.2, -0.15) is 5.26 Å². The van der Waals surface area contributed by atoms with Crippen molar-refractivity contribution in [3.8, 4) is 6.07 Å². The van der Waals surface area contributed by atoms with Crippen LogP contribution < -0.4 is 0 Å². The lowest BCUT2D eigenvalue weighted by Gasteiger charge is -2.33. The fraction of sp³-hybridized carbons (Fsp3) is 0.588.